The van der Waals surface area contributed by atoms with Crippen LogP contribution >= 0.6 is 15.9 Å². The van der Waals surface area contributed by atoms with Gasteiger partial charge in [-0.25, -0.2) is 0 Å². The molecule has 0 amide bonds. The fourth-order valence-corrected chi connectivity index (χ4v) is 2.29. The first-order valence-corrected chi connectivity index (χ1v) is 6.20. The van der Waals surface area contributed by atoms with Crippen molar-refractivity contribution in [3.05, 3.63) is 18.2 Å². The topological polar surface area (TPSA) is 25.4 Å². The molecule has 1 aliphatic rings. The van der Waals surface area contributed by atoms with Crippen molar-refractivity contribution in [1.82, 2.24) is 4.98 Å². The van der Waals surface area contributed by atoms with E-state index in [4.69, 9.17) is 4.74 Å². The zero-order valence-corrected chi connectivity index (χ0v) is 10.4. The van der Waals surface area contributed by atoms with E-state index in [1.165, 1.54) is 6.42 Å². The number of halogens is 1. The van der Waals surface area contributed by atoms with Crippen molar-refractivity contribution in [2.75, 3.05) is 24.6 Å². The van der Waals surface area contributed by atoms with E-state index in [0.717, 1.165) is 18.9 Å². The number of hydrogen-bond donors (Lipinski definition) is 0. The van der Waals surface area contributed by atoms with E-state index in [-0.39, 0.29) is 0 Å². The Hall–Kier alpha value is -0.770. The SMILES string of the molecule is CCOc1cccc(N2CCC(Br)C2)n1. The lowest BCUT2D eigenvalue weighted by atomic mass is 10.4. The summed E-state index contributed by atoms with van der Waals surface area (Å²) >= 11 is 3.62. The summed E-state index contributed by atoms with van der Waals surface area (Å²) in [7, 11) is 0. The van der Waals surface area contributed by atoms with Gasteiger partial charge < -0.3 is 9.64 Å². The average Bonchev–Trinajstić information content (AvgIpc) is 2.66. The monoisotopic (exact) mass is 270 g/mol. The molecule has 1 fully saturated rings. The van der Waals surface area contributed by atoms with Crippen LogP contribution in [-0.2, 0) is 0 Å². The third-order valence-electron chi connectivity index (χ3n) is 2.46. The Morgan fingerprint density at radius 3 is 3.13 bits per heavy atom. The Bertz CT molecular complexity index is 332. The van der Waals surface area contributed by atoms with Gasteiger partial charge in [0.05, 0.1) is 6.61 Å². The Kier molecular flexibility index (Phi) is 3.46. The molecule has 1 atom stereocenters. The highest BCUT2D eigenvalue weighted by Gasteiger charge is 2.21. The van der Waals surface area contributed by atoms with Gasteiger partial charge in [0.1, 0.15) is 5.82 Å². The Morgan fingerprint density at radius 1 is 1.60 bits per heavy atom. The van der Waals surface area contributed by atoms with Crippen LogP contribution in [0.1, 0.15) is 13.3 Å². The molecule has 1 unspecified atom stereocenters. The van der Waals surface area contributed by atoms with Crippen LogP contribution in [0.4, 0.5) is 5.82 Å². The lowest BCUT2D eigenvalue weighted by Gasteiger charge is -2.17. The van der Waals surface area contributed by atoms with Gasteiger partial charge in [-0.05, 0) is 19.4 Å². The second-order valence-electron chi connectivity index (χ2n) is 3.60. The lowest BCUT2D eigenvalue weighted by Crippen LogP contribution is -2.20. The summed E-state index contributed by atoms with van der Waals surface area (Å²) in [5.41, 5.74) is 0. The van der Waals surface area contributed by atoms with Gasteiger partial charge >= 0.3 is 0 Å². The zero-order chi connectivity index (χ0) is 10.7. The summed E-state index contributed by atoms with van der Waals surface area (Å²) in [5, 5.41) is 0. The van der Waals surface area contributed by atoms with Crippen LogP contribution in [-0.4, -0.2) is 29.5 Å². The fraction of sp³-hybridized carbons (Fsp3) is 0.545. The number of anilines is 1. The Morgan fingerprint density at radius 2 is 2.47 bits per heavy atom. The molecule has 0 bridgehead atoms. The van der Waals surface area contributed by atoms with Crippen LogP contribution in [0.5, 0.6) is 5.88 Å². The van der Waals surface area contributed by atoms with Crippen molar-refractivity contribution >= 4 is 21.7 Å². The van der Waals surface area contributed by atoms with E-state index in [1.807, 2.05) is 25.1 Å². The van der Waals surface area contributed by atoms with Gasteiger partial charge in [0.2, 0.25) is 5.88 Å². The van der Waals surface area contributed by atoms with Gasteiger partial charge in [-0.2, -0.15) is 4.98 Å². The lowest BCUT2D eigenvalue weighted by molar-refractivity contribution is 0.327. The highest BCUT2D eigenvalue weighted by Crippen LogP contribution is 2.23. The molecule has 0 radical (unpaired) electrons. The second kappa shape index (κ2) is 4.84. The molecule has 0 spiro atoms. The number of hydrogen-bond acceptors (Lipinski definition) is 3. The van der Waals surface area contributed by atoms with Crippen molar-refractivity contribution in [1.29, 1.82) is 0 Å². The molecule has 82 valence electrons. The molecule has 1 saturated heterocycles. The number of pyridine rings is 1. The number of ether oxygens (including phenoxy) is 1. The molecule has 2 rings (SSSR count). The van der Waals surface area contributed by atoms with Gasteiger partial charge in [0.15, 0.2) is 0 Å². The van der Waals surface area contributed by atoms with Crippen LogP contribution in [0.15, 0.2) is 18.2 Å². The first-order valence-electron chi connectivity index (χ1n) is 5.28. The molecular formula is C11H15BrN2O. The quantitative estimate of drug-likeness (QED) is 0.790. The Balaban J connectivity index is 2.10. The predicted octanol–water partition coefficient (Wildman–Crippen LogP) is 2.45. The maximum absolute atomic E-state index is 5.38. The summed E-state index contributed by atoms with van der Waals surface area (Å²) in [6.07, 6.45) is 1.18. The largest absolute Gasteiger partial charge is 0.478 e. The molecule has 0 saturated carbocycles. The number of rotatable bonds is 3. The van der Waals surface area contributed by atoms with E-state index in [2.05, 4.69) is 25.8 Å². The summed E-state index contributed by atoms with van der Waals surface area (Å²) in [6.45, 7) is 4.73. The van der Waals surface area contributed by atoms with Crippen molar-refractivity contribution in [2.24, 2.45) is 0 Å². The molecule has 0 aliphatic carbocycles. The maximum atomic E-state index is 5.38. The maximum Gasteiger partial charge on any atom is 0.215 e. The third-order valence-corrected chi connectivity index (χ3v) is 3.20. The molecule has 15 heavy (non-hydrogen) atoms. The normalized spacial score (nSPS) is 20.7. The summed E-state index contributed by atoms with van der Waals surface area (Å²) in [5.74, 6) is 1.73. The predicted molar refractivity (Wildman–Crippen MR) is 65.0 cm³/mol. The third kappa shape index (κ3) is 2.62. The first kappa shape index (κ1) is 10.7. The smallest absolute Gasteiger partial charge is 0.215 e. The zero-order valence-electron chi connectivity index (χ0n) is 8.82. The van der Waals surface area contributed by atoms with Crippen LogP contribution in [0, 0.1) is 0 Å². The molecule has 3 nitrogen and oxygen atoms in total. The molecule has 1 aromatic rings. The van der Waals surface area contributed by atoms with Crippen LogP contribution in [0.3, 0.4) is 0 Å². The minimum absolute atomic E-state index is 0.593. The van der Waals surface area contributed by atoms with Gasteiger partial charge in [0.25, 0.3) is 0 Å². The summed E-state index contributed by atoms with van der Waals surface area (Å²) in [6, 6.07) is 5.93. The summed E-state index contributed by atoms with van der Waals surface area (Å²) < 4.78 is 5.38. The first-order chi connectivity index (χ1) is 7.29. The van der Waals surface area contributed by atoms with Crippen LogP contribution in [0.2, 0.25) is 0 Å². The van der Waals surface area contributed by atoms with Crippen LogP contribution < -0.4 is 9.64 Å². The molecule has 4 heteroatoms. The van der Waals surface area contributed by atoms with Crippen molar-refractivity contribution in [3.8, 4) is 5.88 Å². The van der Waals surface area contributed by atoms with E-state index < -0.39 is 0 Å². The van der Waals surface area contributed by atoms with Gasteiger partial charge in [-0.15, -0.1) is 0 Å². The molecule has 1 aliphatic heterocycles. The number of nitrogens with zero attached hydrogens (tertiary/aromatic N) is 2. The highest BCUT2D eigenvalue weighted by atomic mass is 79.9. The number of alkyl halides is 1. The van der Waals surface area contributed by atoms with Crippen LogP contribution in [0.25, 0.3) is 0 Å². The Labute approximate surface area is 98.6 Å². The van der Waals surface area contributed by atoms with E-state index in [1.54, 1.807) is 0 Å². The van der Waals surface area contributed by atoms with Crippen molar-refractivity contribution < 1.29 is 4.74 Å². The average molecular weight is 271 g/mol. The van der Waals surface area contributed by atoms with Gasteiger partial charge in [-0.1, -0.05) is 22.0 Å². The van der Waals surface area contributed by atoms with Crippen molar-refractivity contribution in [2.45, 2.75) is 18.2 Å². The summed E-state index contributed by atoms with van der Waals surface area (Å²) in [4.78, 5) is 7.33. The van der Waals surface area contributed by atoms with E-state index in [9.17, 15) is 0 Å². The molecular weight excluding hydrogens is 256 g/mol. The fourth-order valence-electron chi connectivity index (χ4n) is 1.73. The molecule has 1 aromatic heterocycles. The molecule has 0 N–H and O–H groups in total. The standard InChI is InChI=1S/C11H15BrN2O/c1-2-15-11-5-3-4-10(13-11)14-7-6-9(12)8-14/h3-5,9H,2,6-8H2,1H3. The number of aromatic nitrogens is 1. The van der Waals surface area contributed by atoms with Crippen molar-refractivity contribution in [3.63, 3.8) is 0 Å². The van der Waals surface area contributed by atoms with Gasteiger partial charge in [0, 0.05) is 24.0 Å². The minimum Gasteiger partial charge on any atom is -0.478 e. The highest BCUT2D eigenvalue weighted by molar-refractivity contribution is 9.09. The second-order valence-corrected chi connectivity index (χ2v) is 4.89. The van der Waals surface area contributed by atoms with E-state index >= 15 is 0 Å². The van der Waals surface area contributed by atoms with E-state index in [0.29, 0.717) is 17.3 Å². The minimum atomic E-state index is 0.593. The van der Waals surface area contributed by atoms with Gasteiger partial charge in [-0.3, -0.25) is 0 Å². The molecule has 0 aromatic carbocycles. The molecule has 2 heterocycles.